The van der Waals surface area contributed by atoms with Crippen LogP contribution in [0.5, 0.6) is 11.5 Å². The number of nitrogens with one attached hydrogen (secondary N) is 2. The van der Waals surface area contributed by atoms with Crippen molar-refractivity contribution in [2.45, 2.75) is 13.5 Å². The van der Waals surface area contributed by atoms with E-state index in [0.717, 1.165) is 33.1 Å². The predicted octanol–water partition coefficient (Wildman–Crippen LogP) is 5.65. The Morgan fingerprint density at radius 3 is 2.48 bits per heavy atom. The molecule has 6 rings (SSSR count). The normalized spacial score (nSPS) is 15.1. The molecule has 2 N–H and O–H groups in total. The maximum atomic E-state index is 13.1. The van der Waals surface area contributed by atoms with Crippen LogP contribution in [0.25, 0.3) is 17.0 Å². The molecule has 0 spiro atoms. The number of hydrogen-bond donors (Lipinski definition) is 2. The number of benzene rings is 3. The summed E-state index contributed by atoms with van der Waals surface area (Å²) in [7, 11) is 0. The number of aromatic nitrogens is 1. The van der Waals surface area contributed by atoms with E-state index in [1.54, 1.807) is 53.2 Å². The summed E-state index contributed by atoms with van der Waals surface area (Å²) in [6, 6.07) is 17.7. The Hall–Kier alpha value is -4.74. The maximum Gasteiger partial charge on any atom is 0.294 e. The lowest BCUT2D eigenvalue weighted by atomic mass is 10.1. The zero-order valence-electron chi connectivity index (χ0n) is 22.2. The minimum absolute atomic E-state index is 0.00741. The van der Waals surface area contributed by atoms with Gasteiger partial charge in [0.15, 0.2) is 11.5 Å². The molecule has 0 atom stereocenters. The molecule has 0 unspecified atom stereocenters. The van der Waals surface area contributed by atoms with Crippen LogP contribution >= 0.6 is 23.4 Å². The van der Waals surface area contributed by atoms with Gasteiger partial charge in [-0.25, -0.2) is 0 Å². The monoisotopic (exact) mass is 602 g/mol. The average Bonchev–Trinajstić information content (AvgIpc) is 3.64. The topological polar surface area (TPSA) is 119 Å². The third-order valence-electron chi connectivity index (χ3n) is 6.71. The van der Waals surface area contributed by atoms with Crippen molar-refractivity contribution in [3.8, 4) is 11.5 Å². The molecule has 42 heavy (non-hydrogen) atoms. The second kappa shape index (κ2) is 11.3. The zero-order valence-corrected chi connectivity index (χ0v) is 23.8. The van der Waals surface area contributed by atoms with Crippen molar-refractivity contribution in [1.29, 1.82) is 0 Å². The van der Waals surface area contributed by atoms with Crippen molar-refractivity contribution in [2.75, 3.05) is 24.0 Å². The third-order valence-corrected chi connectivity index (χ3v) is 8.02. The van der Waals surface area contributed by atoms with Gasteiger partial charge in [0.1, 0.15) is 13.1 Å². The number of amides is 4. The number of rotatable bonds is 7. The Kier molecular flexibility index (Phi) is 7.36. The molecule has 4 aromatic rings. The van der Waals surface area contributed by atoms with E-state index in [1.165, 1.54) is 0 Å². The van der Waals surface area contributed by atoms with Crippen LogP contribution in [0.2, 0.25) is 5.02 Å². The largest absolute Gasteiger partial charge is 0.454 e. The van der Waals surface area contributed by atoms with Gasteiger partial charge in [-0.2, -0.15) is 0 Å². The van der Waals surface area contributed by atoms with Gasteiger partial charge in [0.2, 0.25) is 18.6 Å². The van der Waals surface area contributed by atoms with Gasteiger partial charge in [-0.05, 0) is 60.7 Å². The molecule has 0 aliphatic carbocycles. The molecule has 0 saturated carbocycles. The molecule has 10 nitrogen and oxygen atoms in total. The summed E-state index contributed by atoms with van der Waals surface area (Å²) in [5, 5.41) is 6.27. The van der Waals surface area contributed by atoms with E-state index in [2.05, 4.69) is 10.6 Å². The number of carbonyl (C=O) groups excluding carboxylic acids is 4. The Balaban J connectivity index is 1.17. The first kappa shape index (κ1) is 27.4. The van der Waals surface area contributed by atoms with E-state index in [1.807, 2.05) is 31.2 Å². The maximum absolute atomic E-state index is 13.1. The molecule has 4 amide bonds. The Labute approximate surface area is 249 Å². The molecule has 1 saturated heterocycles. The number of fused-ring (bicyclic) bond motifs is 2. The highest BCUT2D eigenvalue weighted by Gasteiger charge is 2.36. The molecule has 12 heteroatoms. The Morgan fingerprint density at radius 1 is 0.952 bits per heavy atom. The van der Waals surface area contributed by atoms with Gasteiger partial charge in [-0.1, -0.05) is 35.9 Å². The first-order valence-electron chi connectivity index (χ1n) is 12.8. The lowest BCUT2D eigenvalue weighted by molar-refractivity contribution is -0.127. The zero-order chi connectivity index (χ0) is 29.4. The van der Waals surface area contributed by atoms with Crippen molar-refractivity contribution in [1.82, 2.24) is 9.47 Å². The molecule has 212 valence electrons. The Bertz CT molecular complexity index is 1820. The number of anilines is 2. The molecule has 2 aliphatic heterocycles. The molecular weight excluding hydrogens is 580 g/mol. The van der Waals surface area contributed by atoms with Crippen LogP contribution in [0.1, 0.15) is 11.1 Å². The number of imide groups is 1. The van der Waals surface area contributed by atoms with Crippen molar-refractivity contribution in [3.63, 3.8) is 0 Å². The standard InChI is InChI=1S/C30H23ClN4O6S/c1-17-6-7-19(11-22(17)31)32-28(37)15-35-29(38)26(42-30(35)39)10-18-13-34(23-5-3-2-4-21(18)23)14-27(36)33-20-8-9-24-25(12-20)41-16-40-24/h2-13H,14-16H2,1H3,(H,32,37)(H,33,36)/b26-10-. The number of aryl methyl sites for hydroxylation is 1. The highest BCUT2D eigenvalue weighted by atomic mass is 35.5. The fourth-order valence-electron chi connectivity index (χ4n) is 4.64. The minimum Gasteiger partial charge on any atom is -0.454 e. The lowest BCUT2D eigenvalue weighted by Gasteiger charge is -2.12. The van der Waals surface area contributed by atoms with E-state index >= 15 is 0 Å². The number of ether oxygens (including phenoxy) is 2. The van der Waals surface area contributed by atoms with Gasteiger partial charge in [0, 0.05) is 45.1 Å². The van der Waals surface area contributed by atoms with Gasteiger partial charge in [0.25, 0.3) is 11.1 Å². The van der Waals surface area contributed by atoms with Gasteiger partial charge < -0.3 is 24.7 Å². The van der Waals surface area contributed by atoms with Crippen LogP contribution < -0.4 is 20.1 Å². The number of nitrogens with zero attached hydrogens (tertiary/aromatic N) is 2. The predicted molar refractivity (Wildman–Crippen MR) is 161 cm³/mol. The first-order valence-corrected chi connectivity index (χ1v) is 14.0. The molecule has 0 bridgehead atoms. The third kappa shape index (κ3) is 5.56. The number of hydrogen-bond acceptors (Lipinski definition) is 7. The van der Waals surface area contributed by atoms with E-state index < -0.39 is 23.6 Å². The highest BCUT2D eigenvalue weighted by Crippen LogP contribution is 2.35. The van der Waals surface area contributed by atoms with Gasteiger partial charge in [-0.3, -0.25) is 24.1 Å². The number of thioether (sulfide) groups is 1. The van der Waals surface area contributed by atoms with Crippen molar-refractivity contribution >= 4 is 74.7 Å². The smallest absolute Gasteiger partial charge is 0.294 e. The average molecular weight is 603 g/mol. The number of halogens is 1. The quantitative estimate of drug-likeness (QED) is 0.263. The van der Waals surface area contributed by atoms with Gasteiger partial charge in [-0.15, -0.1) is 0 Å². The second-order valence-electron chi connectivity index (χ2n) is 9.63. The fourth-order valence-corrected chi connectivity index (χ4v) is 5.65. The fraction of sp³-hybridized carbons (Fsp3) is 0.133. The van der Waals surface area contributed by atoms with E-state index in [0.29, 0.717) is 33.5 Å². The SMILES string of the molecule is Cc1ccc(NC(=O)CN2C(=O)S/C(=C\c3cn(CC(=O)Nc4ccc5c(c4)OCO5)c4ccccc34)C2=O)cc1Cl. The van der Waals surface area contributed by atoms with E-state index in [9.17, 15) is 19.2 Å². The molecule has 2 aliphatic rings. The molecule has 3 heterocycles. The van der Waals surface area contributed by atoms with Gasteiger partial charge >= 0.3 is 0 Å². The summed E-state index contributed by atoms with van der Waals surface area (Å²) >= 11 is 6.88. The summed E-state index contributed by atoms with van der Waals surface area (Å²) in [6.07, 6.45) is 3.36. The van der Waals surface area contributed by atoms with Crippen LogP contribution in [0.3, 0.4) is 0 Å². The summed E-state index contributed by atoms with van der Waals surface area (Å²) in [5.74, 6) is -0.173. The highest BCUT2D eigenvalue weighted by molar-refractivity contribution is 8.18. The molecular formula is C30H23ClN4O6S. The van der Waals surface area contributed by atoms with Crippen molar-refractivity contribution in [2.24, 2.45) is 0 Å². The second-order valence-corrected chi connectivity index (χ2v) is 11.0. The Morgan fingerprint density at radius 2 is 1.67 bits per heavy atom. The van der Waals surface area contributed by atoms with E-state index in [4.69, 9.17) is 21.1 Å². The summed E-state index contributed by atoms with van der Waals surface area (Å²) in [4.78, 5) is 52.4. The molecule has 1 fully saturated rings. The van der Waals surface area contributed by atoms with Gasteiger partial charge in [0.05, 0.1) is 4.91 Å². The summed E-state index contributed by atoms with van der Waals surface area (Å²) in [6.45, 7) is 1.55. The van der Waals surface area contributed by atoms with Crippen molar-refractivity contribution < 1.29 is 28.7 Å². The van der Waals surface area contributed by atoms with Crippen LogP contribution in [0.4, 0.5) is 16.2 Å². The number of para-hydroxylation sites is 1. The minimum atomic E-state index is -0.570. The first-order chi connectivity index (χ1) is 20.2. The molecule has 0 radical (unpaired) electrons. The molecule has 1 aromatic heterocycles. The molecule has 3 aromatic carbocycles. The van der Waals surface area contributed by atoms with Crippen LogP contribution in [0, 0.1) is 6.92 Å². The van der Waals surface area contributed by atoms with Crippen LogP contribution in [0.15, 0.2) is 71.8 Å². The number of carbonyl (C=O) groups is 4. The summed E-state index contributed by atoms with van der Waals surface area (Å²) in [5.41, 5.74) is 3.33. The van der Waals surface area contributed by atoms with Crippen LogP contribution in [-0.4, -0.2) is 45.8 Å². The summed E-state index contributed by atoms with van der Waals surface area (Å²) < 4.78 is 12.5. The van der Waals surface area contributed by atoms with Crippen LogP contribution in [-0.2, 0) is 20.9 Å². The van der Waals surface area contributed by atoms with Crippen molar-refractivity contribution in [3.05, 3.63) is 87.9 Å². The van der Waals surface area contributed by atoms with E-state index in [-0.39, 0.29) is 24.2 Å². The lowest BCUT2D eigenvalue weighted by Crippen LogP contribution is -2.36.